The number of aryl methyl sites for hydroxylation is 1. The molecule has 0 radical (unpaired) electrons. The summed E-state index contributed by atoms with van der Waals surface area (Å²) in [4.78, 5) is 18.0. The van der Waals surface area contributed by atoms with E-state index in [1.807, 2.05) is 18.2 Å². The first-order valence-corrected chi connectivity index (χ1v) is 11.3. The molecule has 154 valence electrons. The van der Waals surface area contributed by atoms with E-state index >= 15 is 0 Å². The quantitative estimate of drug-likeness (QED) is 0.653. The number of anilines is 1. The third-order valence-corrected chi connectivity index (χ3v) is 6.76. The molecule has 0 saturated heterocycles. The van der Waals surface area contributed by atoms with E-state index in [9.17, 15) is 13.2 Å². The molecule has 0 saturated carbocycles. The monoisotopic (exact) mass is 441 g/mol. The maximum Gasteiger partial charge on any atom is 0.240 e. The van der Waals surface area contributed by atoms with Crippen molar-refractivity contribution in [1.29, 1.82) is 0 Å². The molecule has 1 aliphatic heterocycles. The number of rotatable bonds is 5. The molecule has 3 aromatic rings. The first-order chi connectivity index (χ1) is 14.3. The lowest BCUT2D eigenvalue weighted by atomic mass is 9.96. The zero-order valence-corrected chi connectivity index (χ0v) is 17.9. The number of fused-ring (bicyclic) bond motifs is 1. The summed E-state index contributed by atoms with van der Waals surface area (Å²) >= 11 is 5.90. The van der Waals surface area contributed by atoms with Crippen LogP contribution in [0.15, 0.2) is 65.8 Å². The normalized spacial score (nSPS) is 13.9. The number of hydrogen-bond acceptors (Lipinski definition) is 4. The Morgan fingerprint density at radius 1 is 1.07 bits per heavy atom. The number of carbonyl (C=O) groups excluding carboxylic acids is 1. The third-order valence-electron chi connectivity index (χ3n) is 5.12. The molecule has 2 heterocycles. The van der Waals surface area contributed by atoms with Crippen molar-refractivity contribution in [2.24, 2.45) is 0 Å². The van der Waals surface area contributed by atoms with E-state index in [-0.39, 0.29) is 17.3 Å². The van der Waals surface area contributed by atoms with E-state index in [0.717, 1.165) is 27.9 Å². The molecular weight excluding hydrogens is 422 g/mol. The maximum absolute atomic E-state index is 12.5. The van der Waals surface area contributed by atoms with Crippen LogP contribution in [0.5, 0.6) is 0 Å². The number of amides is 1. The second-order valence-corrected chi connectivity index (χ2v) is 9.36. The lowest BCUT2D eigenvalue weighted by molar-refractivity contribution is -0.118. The highest BCUT2D eigenvalue weighted by molar-refractivity contribution is 7.89. The molecule has 1 aliphatic rings. The minimum Gasteiger partial charge on any atom is -0.315 e. The van der Waals surface area contributed by atoms with Gasteiger partial charge in [-0.3, -0.25) is 9.78 Å². The van der Waals surface area contributed by atoms with Crippen molar-refractivity contribution in [2.45, 2.75) is 24.3 Å². The van der Waals surface area contributed by atoms with Crippen LogP contribution in [0, 0.1) is 0 Å². The second-order valence-electron chi connectivity index (χ2n) is 7.16. The average Bonchev–Trinajstić information content (AvgIpc) is 2.75. The van der Waals surface area contributed by atoms with E-state index in [4.69, 9.17) is 11.6 Å². The molecule has 8 heteroatoms. The van der Waals surface area contributed by atoms with Crippen LogP contribution in [0.1, 0.15) is 17.5 Å². The van der Waals surface area contributed by atoms with Crippen LogP contribution in [-0.2, 0) is 27.8 Å². The van der Waals surface area contributed by atoms with E-state index in [2.05, 4.69) is 15.8 Å². The number of benzene rings is 2. The number of carbonyl (C=O) groups is 1. The molecule has 2 aromatic carbocycles. The SMILES string of the molecule is CN1C(=O)CCc2cc(-c3cncc(CNS(=O)(=O)c4cccc(Cl)c4)c3)ccc21. The molecule has 0 aliphatic carbocycles. The van der Waals surface area contributed by atoms with Gasteiger partial charge in [-0.1, -0.05) is 23.7 Å². The number of aromatic nitrogens is 1. The number of pyridine rings is 1. The summed E-state index contributed by atoms with van der Waals surface area (Å²) in [6.45, 7) is 0.109. The first-order valence-electron chi connectivity index (χ1n) is 9.42. The van der Waals surface area contributed by atoms with Crippen LogP contribution in [0.2, 0.25) is 5.02 Å². The highest BCUT2D eigenvalue weighted by atomic mass is 35.5. The number of hydrogen-bond donors (Lipinski definition) is 1. The minimum atomic E-state index is -3.68. The molecule has 1 aromatic heterocycles. The fraction of sp³-hybridized carbons (Fsp3) is 0.182. The van der Waals surface area contributed by atoms with E-state index in [1.54, 1.807) is 36.5 Å². The molecule has 6 nitrogen and oxygen atoms in total. The minimum absolute atomic E-state index is 0.109. The zero-order valence-electron chi connectivity index (χ0n) is 16.3. The fourth-order valence-corrected chi connectivity index (χ4v) is 4.79. The lowest BCUT2D eigenvalue weighted by Gasteiger charge is -2.26. The van der Waals surface area contributed by atoms with Crippen molar-refractivity contribution in [2.75, 3.05) is 11.9 Å². The Kier molecular flexibility index (Phi) is 5.60. The molecule has 0 fully saturated rings. The van der Waals surface area contributed by atoms with E-state index < -0.39 is 10.0 Å². The molecule has 0 spiro atoms. The van der Waals surface area contributed by atoms with Gasteiger partial charge in [0.05, 0.1) is 4.90 Å². The largest absolute Gasteiger partial charge is 0.315 e. The Hall–Kier alpha value is -2.74. The molecule has 1 N–H and O–H groups in total. The van der Waals surface area contributed by atoms with Gasteiger partial charge < -0.3 is 4.90 Å². The Balaban J connectivity index is 1.54. The van der Waals surface area contributed by atoms with Crippen LogP contribution in [0.25, 0.3) is 11.1 Å². The summed E-state index contributed by atoms with van der Waals surface area (Å²) in [6, 6.07) is 14.0. The summed E-state index contributed by atoms with van der Waals surface area (Å²) in [5.41, 5.74) is 4.64. The Labute approximate surface area is 180 Å². The predicted octanol–water partition coefficient (Wildman–Crippen LogP) is 3.79. The number of sulfonamides is 1. The fourth-order valence-electron chi connectivity index (χ4n) is 3.47. The number of halogens is 1. The summed E-state index contributed by atoms with van der Waals surface area (Å²) < 4.78 is 27.6. The summed E-state index contributed by atoms with van der Waals surface area (Å²) in [5.74, 6) is 0.117. The van der Waals surface area contributed by atoms with Crippen molar-refractivity contribution in [3.63, 3.8) is 0 Å². The van der Waals surface area contributed by atoms with Crippen molar-refractivity contribution in [1.82, 2.24) is 9.71 Å². The van der Waals surface area contributed by atoms with Gasteiger partial charge >= 0.3 is 0 Å². The van der Waals surface area contributed by atoms with Crippen LogP contribution >= 0.6 is 11.6 Å². The van der Waals surface area contributed by atoms with Gasteiger partial charge in [-0.05, 0) is 59.5 Å². The standard InChI is InChI=1S/C22H20ClN3O3S/c1-26-21-7-5-16(10-17(21)6-8-22(26)27)18-9-15(12-24-14-18)13-25-30(28,29)20-4-2-3-19(23)11-20/h2-5,7,9-12,14,25H,6,8,13H2,1H3. The van der Waals surface area contributed by atoms with Gasteiger partial charge in [0.15, 0.2) is 0 Å². The lowest BCUT2D eigenvalue weighted by Crippen LogP contribution is -2.30. The van der Waals surface area contributed by atoms with Crippen molar-refractivity contribution in [3.05, 3.63) is 77.1 Å². The first kappa shape index (κ1) is 20.5. The molecule has 0 bridgehead atoms. The Morgan fingerprint density at radius 2 is 1.90 bits per heavy atom. The van der Waals surface area contributed by atoms with Crippen molar-refractivity contribution in [3.8, 4) is 11.1 Å². The van der Waals surface area contributed by atoms with Crippen LogP contribution in [-0.4, -0.2) is 26.4 Å². The van der Waals surface area contributed by atoms with Gasteiger partial charge in [-0.25, -0.2) is 13.1 Å². The maximum atomic E-state index is 12.5. The zero-order chi connectivity index (χ0) is 21.3. The van der Waals surface area contributed by atoms with Crippen LogP contribution in [0.3, 0.4) is 0 Å². The predicted molar refractivity (Wildman–Crippen MR) is 117 cm³/mol. The Morgan fingerprint density at radius 3 is 2.70 bits per heavy atom. The van der Waals surface area contributed by atoms with Gasteiger partial charge in [0.25, 0.3) is 0 Å². The third kappa shape index (κ3) is 4.23. The highest BCUT2D eigenvalue weighted by Crippen LogP contribution is 2.31. The molecule has 0 unspecified atom stereocenters. The second kappa shape index (κ2) is 8.18. The number of nitrogens with zero attached hydrogens (tertiary/aromatic N) is 2. The summed E-state index contributed by atoms with van der Waals surface area (Å²) in [5, 5.41) is 0.362. The van der Waals surface area contributed by atoms with Crippen LogP contribution in [0.4, 0.5) is 5.69 Å². The Bertz CT molecular complexity index is 1230. The average molecular weight is 442 g/mol. The molecule has 1 amide bonds. The van der Waals surface area contributed by atoms with Crippen molar-refractivity contribution < 1.29 is 13.2 Å². The van der Waals surface area contributed by atoms with Gasteiger partial charge in [0, 0.05) is 48.7 Å². The van der Waals surface area contributed by atoms with Gasteiger partial charge in [-0.2, -0.15) is 0 Å². The van der Waals surface area contributed by atoms with E-state index in [1.165, 1.54) is 12.1 Å². The molecular formula is C22H20ClN3O3S. The highest BCUT2D eigenvalue weighted by Gasteiger charge is 2.21. The van der Waals surface area contributed by atoms with Gasteiger partial charge in [0.2, 0.25) is 15.9 Å². The smallest absolute Gasteiger partial charge is 0.240 e. The van der Waals surface area contributed by atoms with Crippen LogP contribution < -0.4 is 9.62 Å². The molecule has 30 heavy (non-hydrogen) atoms. The van der Waals surface area contributed by atoms with E-state index in [0.29, 0.717) is 17.9 Å². The van der Waals surface area contributed by atoms with Gasteiger partial charge in [-0.15, -0.1) is 0 Å². The molecule has 4 rings (SSSR count). The number of nitrogens with one attached hydrogen (secondary N) is 1. The summed E-state index contributed by atoms with van der Waals surface area (Å²) in [6.07, 6.45) is 4.58. The van der Waals surface area contributed by atoms with Gasteiger partial charge in [0.1, 0.15) is 0 Å². The molecule has 0 atom stereocenters. The van der Waals surface area contributed by atoms with Crippen molar-refractivity contribution >= 4 is 33.2 Å². The topological polar surface area (TPSA) is 79.4 Å². The summed E-state index contributed by atoms with van der Waals surface area (Å²) in [7, 11) is -1.90.